The summed E-state index contributed by atoms with van der Waals surface area (Å²) in [4.78, 5) is 14.4. The van der Waals surface area contributed by atoms with Crippen molar-refractivity contribution < 1.29 is 0 Å². The van der Waals surface area contributed by atoms with E-state index in [1.165, 1.54) is 32.4 Å². The van der Waals surface area contributed by atoms with E-state index in [9.17, 15) is 0 Å². The molecule has 116 valence electrons. The van der Waals surface area contributed by atoms with Crippen molar-refractivity contribution in [3.8, 4) is 0 Å². The minimum Gasteiger partial charge on any atom is -0.370 e. The Kier molecular flexibility index (Phi) is 4.85. The third-order valence-corrected chi connectivity index (χ3v) is 4.91. The van der Waals surface area contributed by atoms with Crippen LogP contribution in [0.1, 0.15) is 26.2 Å². The van der Waals surface area contributed by atoms with Gasteiger partial charge in [-0.05, 0) is 39.0 Å². The fraction of sp³-hybridized carbons (Fsp3) is 0.733. The summed E-state index contributed by atoms with van der Waals surface area (Å²) < 4.78 is 0. The lowest BCUT2D eigenvalue weighted by Gasteiger charge is -2.26. The molecule has 0 amide bonds. The van der Waals surface area contributed by atoms with E-state index in [0.717, 1.165) is 36.4 Å². The predicted octanol–water partition coefficient (Wildman–Crippen LogP) is 2.30. The molecule has 1 unspecified atom stereocenters. The molecular weight excluding hydrogens is 282 g/mol. The van der Waals surface area contributed by atoms with E-state index >= 15 is 0 Å². The molecule has 1 aromatic heterocycles. The van der Waals surface area contributed by atoms with Crippen LogP contribution in [0.4, 0.5) is 11.6 Å². The van der Waals surface area contributed by atoms with Gasteiger partial charge in [-0.1, -0.05) is 11.8 Å². The van der Waals surface area contributed by atoms with Crippen molar-refractivity contribution in [3.63, 3.8) is 0 Å². The first-order valence-electron chi connectivity index (χ1n) is 7.96. The van der Waals surface area contributed by atoms with Crippen molar-refractivity contribution in [1.82, 2.24) is 14.9 Å². The van der Waals surface area contributed by atoms with Gasteiger partial charge in [-0.15, -0.1) is 0 Å². The average Bonchev–Trinajstić information content (AvgIpc) is 2.84. The number of thioether (sulfide) groups is 1. The number of rotatable bonds is 4. The smallest absolute Gasteiger partial charge is 0.191 e. The maximum atomic E-state index is 4.73. The van der Waals surface area contributed by atoms with E-state index in [1.54, 1.807) is 11.8 Å². The predicted molar refractivity (Wildman–Crippen MR) is 89.4 cm³/mol. The van der Waals surface area contributed by atoms with Gasteiger partial charge in [0.25, 0.3) is 0 Å². The highest BCUT2D eigenvalue weighted by molar-refractivity contribution is 7.98. The number of hydrogen-bond donors (Lipinski definition) is 1. The number of hydrogen-bond acceptors (Lipinski definition) is 6. The zero-order chi connectivity index (χ0) is 14.7. The van der Waals surface area contributed by atoms with Gasteiger partial charge in [0.15, 0.2) is 5.16 Å². The molecular formula is C15H25N5S. The molecule has 5 nitrogen and oxygen atoms in total. The van der Waals surface area contributed by atoms with Crippen LogP contribution >= 0.6 is 11.8 Å². The molecule has 1 atom stereocenters. The fourth-order valence-corrected chi connectivity index (χ4v) is 3.73. The zero-order valence-electron chi connectivity index (χ0n) is 13.0. The third kappa shape index (κ3) is 3.43. The Bertz CT molecular complexity index is 481. The molecule has 6 heteroatoms. The topological polar surface area (TPSA) is 44.3 Å². The zero-order valence-corrected chi connectivity index (χ0v) is 13.8. The second-order valence-electron chi connectivity index (χ2n) is 5.76. The van der Waals surface area contributed by atoms with Gasteiger partial charge in [0.2, 0.25) is 0 Å². The molecule has 1 N–H and O–H groups in total. The maximum Gasteiger partial charge on any atom is 0.191 e. The van der Waals surface area contributed by atoms with Crippen LogP contribution in [0.3, 0.4) is 0 Å². The molecule has 2 fully saturated rings. The number of anilines is 2. The van der Waals surface area contributed by atoms with Gasteiger partial charge in [0.05, 0.1) is 0 Å². The standard InChI is InChI=1S/C15H25N5S/c1-3-16-13-10-14(18-15(17-13)21-2)20-9-5-8-19-7-4-6-12(19)11-20/h10,12H,3-9,11H2,1-2H3,(H,16,17,18). The summed E-state index contributed by atoms with van der Waals surface area (Å²) in [6.45, 7) is 7.71. The Morgan fingerprint density at radius 2 is 2.14 bits per heavy atom. The van der Waals surface area contributed by atoms with Crippen LogP contribution in [-0.4, -0.2) is 59.9 Å². The lowest BCUT2D eigenvalue weighted by molar-refractivity contribution is 0.273. The summed E-state index contributed by atoms with van der Waals surface area (Å²) in [5, 5.41) is 4.18. The number of fused-ring (bicyclic) bond motifs is 1. The molecule has 2 aliphatic heterocycles. The van der Waals surface area contributed by atoms with Gasteiger partial charge in [-0.2, -0.15) is 0 Å². The first kappa shape index (κ1) is 14.9. The van der Waals surface area contributed by atoms with Crippen molar-refractivity contribution in [2.75, 3.05) is 49.2 Å². The summed E-state index contributed by atoms with van der Waals surface area (Å²) in [6, 6.07) is 2.82. The summed E-state index contributed by atoms with van der Waals surface area (Å²) in [7, 11) is 0. The largest absolute Gasteiger partial charge is 0.370 e. The van der Waals surface area contributed by atoms with E-state index in [-0.39, 0.29) is 0 Å². The van der Waals surface area contributed by atoms with Crippen molar-refractivity contribution in [1.29, 1.82) is 0 Å². The van der Waals surface area contributed by atoms with Gasteiger partial charge in [-0.25, -0.2) is 9.97 Å². The Morgan fingerprint density at radius 3 is 2.95 bits per heavy atom. The average molecular weight is 307 g/mol. The number of nitrogens with one attached hydrogen (secondary N) is 1. The van der Waals surface area contributed by atoms with E-state index in [1.807, 2.05) is 6.26 Å². The van der Waals surface area contributed by atoms with Crippen molar-refractivity contribution in [2.24, 2.45) is 0 Å². The van der Waals surface area contributed by atoms with E-state index in [2.05, 4.69) is 33.1 Å². The molecule has 3 heterocycles. The van der Waals surface area contributed by atoms with Gasteiger partial charge in [0, 0.05) is 38.3 Å². The minimum atomic E-state index is 0.711. The lowest BCUT2D eigenvalue weighted by atomic mass is 10.2. The molecule has 0 aromatic carbocycles. The van der Waals surface area contributed by atoms with Crippen LogP contribution < -0.4 is 10.2 Å². The lowest BCUT2D eigenvalue weighted by Crippen LogP contribution is -2.37. The van der Waals surface area contributed by atoms with Crippen LogP contribution in [0.2, 0.25) is 0 Å². The quantitative estimate of drug-likeness (QED) is 0.680. The van der Waals surface area contributed by atoms with E-state index in [4.69, 9.17) is 4.98 Å². The van der Waals surface area contributed by atoms with E-state index < -0.39 is 0 Å². The summed E-state index contributed by atoms with van der Waals surface area (Å²) in [5.74, 6) is 2.03. The van der Waals surface area contributed by atoms with E-state index in [0.29, 0.717) is 6.04 Å². The number of nitrogens with zero attached hydrogens (tertiary/aromatic N) is 4. The van der Waals surface area contributed by atoms with Gasteiger partial charge >= 0.3 is 0 Å². The van der Waals surface area contributed by atoms with Gasteiger partial charge < -0.3 is 10.2 Å². The molecule has 3 rings (SSSR count). The highest BCUT2D eigenvalue weighted by Gasteiger charge is 2.29. The molecule has 2 saturated heterocycles. The normalized spacial score (nSPS) is 23.0. The van der Waals surface area contributed by atoms with Crippen molar-refractivity contribution >= 4 is 23.4 Å². The Morgan fingerprint density at radius 1 is 1.29 bits per heavy atom. The summed E-state index contributed by atoms with van der Waals surface area (Å²) in [6.07, 6.45) is 5.94. The van der Waals surface area contributed by atoms with Crippen molar-refractivity contribution in [3.05, 3.63) is 6.07 Å². The first-order chi connectivity index (χ1) is 10.3. The second kappa shape index (κ2) is 6.83. The van der Waals surface area contributed by atoms with Crippen LogP contribution in [0.25, 0.3) is 0 Å². The molecule has 1 aromatic rings. The van der Waals surface area contributed by atoms with Gasteiger partial charge in [-0.3, -0.25) is 4.90 Å². The molecule has 0 saturated carbocycles. The Hall–Kier alpha value is -1.01. The van der Waals surface area contributed by atoms with Crippen LogP contribution in [0.15, 0.2) is 11.2 Å². The Balaban J connectivity index is 1.82. The van der Waals surface area contributed by atoms with Crippen LogP contribution in [0, 0.1) is 0 Å². The third-order valence-electron chi connectivity index (χ3n) is 4.36. The Labute approximate surface area is 131 Å². The SMILES string of the molecule is CCNc1cc(N2CCCN3CCCC3C2)nc(SC)n1. The van der Waals surface area contributed by atoms with Crippen LogP contribution in [0.5, 0.6) is 0 Å². The maximum absolute atomic E-state index is 4.73. The minimum absolute atomic E-state index is 0.711. The summed E-state index contributed by atoms with van der Waals surface area (Å²) in [5.41, 5.74) is 0. The molecule has 0 radical (unpaired) electrons. The fourth-order valence-electron chi connectivity index (χ4n) is 3.35. The first-order valence-corrected chi connectivity index (χ1v) is 9.18. The highest BCUT2D eigenvalue weighted by Crippen LogP contribution is 2.26. The number of aromatic nitrogens is 2. The second-order valence-corrected chi connectivity index (χ2v) is 6.53. The monoisotopic (exact) mass is 307 g/mol. The van der Waals surface area contributed by atoms with Crippen molar-refractivity contribution in [2.45, 2.75) is 37.4 Å². The molecule has 0 spiro atoms. The molecule has 21 heavy (non-hydrogen) atoms. The highest BCUT2D eigenvalue weighted by atomic mass is 32.2. The van der Waals surface area contributed by atoms with Gasteiger partial charge in [0.1, 0.15) is 11.6 Å². The molecule has 0 bridgehead atoms. The summed E-state index contributed by atoms with van der Waals surface area (Å²) >= 11 is 1.61. The molecule has 0 aliphatic carbocycles. The molecule has 2 aliphatic rings. The van der Waals surface area contributed by atoms with Crippen LogP contribution in [-0.2, 0) is 0 Å².